The number of aliphatic carboxylic acids is 1. The summed E-state index contributed by atoms with van der Waals surface area (Å²) in [6, 6.07) is 5.82. The first-order valence-electron chi connectivity index (χ1n) is 7.25. The van der Waals surface area contributed by atoms with Gasteiger partial charge in [0, 0.05) is 18.0 Å². The van der Waals surface area contributed by atoms with Crippen molar-refractivity contribution >= 4 is 29.4 Å². The van der Waals surface area contributed by atoms with Gasteiger partial charge in [-0.25, -0.2) is 0 Å². The summed E-state index contributed by atoms with van der Waals surface area (Å²) in [7, 11) is 0. The van der Waals surface area contributed by atoms with Crippen molar-refractivity contribution in [3.8, 4) is 0 Å². The molecule has 0 spiro atoms. The van der Waals surface area contributed by atoms with Crippen molar-refractivity contribution in [2.24, 2.45) is 5.92 Å². The number of hydrogen-bond donors (Lipinski definition) is 3. The van der Waals surface area contributed by atoms with E-state index in [1.165, 1.54) is 13.8 Å². The molecule has 7 heteroatoms. The van der Waals surface area contributed by atoms with Crippen molar-refractivity contribution in [2.75, 3.05) is 0 Å². The second-order valence-corrected chi connectivity index (χ2v) is 5.93. The molecule has 6 nitrogen and oxygen atoms in total. The van der Waals surface area contributed by atoms with Crippen LogP contribution in [0.15, 0.2) is 24.3 Å². The normalized spacial score (nSPS) is 14.4. The van der Waals surface area contributed by atoms with Gasteiger partial charge < -0.3 is 15.7 Å². The lowest BCUT2D eigenvalue weighted by Gasteiger charge is -2.21. The van der Waals surface area contributed by atoms with Crippen molar-refractivity contribution in [1.29, 1.82) is 0 Å². The van der Waals surface area contributed by atoms with Crippen LogP contribution in [0.25, 0.3) is 0 Å². The fourth-order valence-corrected chi connectivity index (χ4v) is 2.16. The van der Waals surface area contributed by atoms with E-state index in [1.54, 1.807) is 31.2 Å². The molecule has 1 aromatic rings. The Bertz CT molecular complexity index is 574. The van der Waals surface area contributed by atoms with Crippen LogP contribution in [-0.2, 0) is 14.4 Å². The molecule has 2 amide bonds. The predicted molar refractivity (Wildman–Crippen MR) is 87.0 cm³/mol. The van der Waals surface area contributed by atoms with E-state index in [4.69, 9.17) is 16.7 Å². The summed E-state index contributed by atoms with van der Waals surface area (Å²) in [4.78, 5) is 34.4. The first-order valence-corrected chi connectivity index (χ1v) is 7.63. The molecule has 0 heterocycles. The minimum Gasteiger partial charge on any atom is -0.481 e. The van der Waals surface area contributed by atoms with E-state index in [0.29, 0.717) is 5.02 Å². The number of carboxylic acid groups (broad SMARTS) is 1. The maximum Gasteiger partial charge on any atom is 0.308 e. The van der Waals surface area contributed by atoms with Crippen molar-refractivity contribution in [2.45, 2.75) is 39.3 Å². The minimum absolute atomic E-state index is 0.0118. The molecule has 0 aliphatic heterocycles. The molecule has 0 fully saturated rings. The van der Waals surface area contributed by atoms with Crippen LogP contribution in [0.3, 0.4) is 0 Å². The molecule has 23 heavy (non-hydrogen) atoms. The summed E-state index contributed by atoms with van der Waals surface area (Å²) in [5.41, 5.74) is 0.749. The third-order valence-corrected chi connectivity index (χ3v) is 3.82. The number of carboxylic acids is 1. The fourth-order valence-electron chi connectivity index (χ4n) is 2.03. The van der Waals surface area contributed by atoms with E-state index in [9.17, 15) is 14.4 Å². The van der Waals surface area contributed by atoms with Gasteiger partial charge in [-0.05, 0) is 31.5 Å². The van der Waals surface area contributed by atoms with Gasteiger partial charge in [-0.15, -0.1) is 0 Å². The van der Waals surface area contributed by atoms with Crippen LogP contribution in [-0.4, -0.2) is 28.9 Å². The van der Waals surface area contributed by atoms with E-state index in [0.717, 1.165) is 5.56 Å². The van der Waals surface area contributed by atoms with Crippen molar-refractivity contribution in [3.63, 3.8) is 0 Å². The van der Waals surface area contributed by atoms with Gasteiger partial charge in [0.25, 0.3) is 0 Å². The van der Waals surface area contributed by atoms with Gasteiger partial charge in [-0.3, -0.25) is 14.4 Å². The maximum atomic E-state index is 12.1. The third-order valence-electron chi connectivity index (χ3n) is 3.57. The largest absolute Gasteiger partial charge is 0.481 e. The number of hydrogen-bond acceptors (Lipinski definition) is 3. The Labute approximate surface area is 140 Å². The Hall–Kier alpha value is -2.08. The molecular formula is C16H21ClN2O4. The van der Waals surface area contributed by atoms with E-state index in [1.807, 2.05) is 0 Å². The Morgan fingerprint density at radius 2 is 1.70 bits per heavy atom. The van der Waals surface area contributed by atoms with Crippen LogP contribution in [0.1, 0.15) is 38.8 Å². The van der Waals surface area contributed by atoms with E-state index < -0.39 is 24.0 Å². The number of carbonyl (C=O) groups excluding carboxylic acids is 2. The Balaban J connectivity index is 2.77. The van der Waals surface area contributed by atoms with Crippen LogP contribution in [0.4, 0.5) is 0 Å². The zero-order chi connectivity index (χ0) is 17.6. The van der Waals surface area contributed by atoms with Crippen molar-refractivity contribution in [3.05, 3.63) is 34.9 Å². The number of nitrogens with one attached hydrogen (secondary N) is 2. The highest BCUT2D eigenvalue weighted by Gasteiger charge is 2.23. The molecule has 0 aromatic heterocycles. The molecular weight excluding hydrogens is 320 g/mol. The van der Waals surface area contributed by atoms with E-state index in [2.05, 4.69) is 10.6 Å². The molecule has 0 saturated carbocycles. The Morgan fingerprint density at radius 1 is 1.13 bits per heavy atom. The fraction of sp³-hybridized carbons (Fsp3) is 0.438. The minimum atomic E-state index is -0.978. The van der Waals surface area contributed by atoms with Crippen LogP contribution < -0.4 is 10.6 Å². The molecule has 0 bridgehead atoms. The number of halogens is 1. The van der Waals surface area contributed by atoms with Gasteiger partial charge in [-0.1, -0.05) is 23.7 Å². The lowest BCUT2D eigenvalue weighted by Crippen LogP contribution is -2.41. The molecule has 0 aliphatic carbocycles. The predicted octanol–water partition coefficient (Wildman–Crippen LogP) is 2.13. The first-order chi connectivity index (χ1) is 10.7. The van der Waals surface area contributed by atoms with Crippen molar-refractivity contribution in [1.82, 2.24) is 10.6 Å². The lowest BCUT2D eigenvalue weighted by molar-refractivity contribution is -0.142. The summed E-state index contributed by atoms with van der Waals surface area (Å²) in [5, 5.41) is 14.9. The number of amides is 2. The Kier molecular flexibility index (Phi) is 7.03. The molecule has 0 saturated heterocycles. The number of carbonyl (C=O) groups is 3. The zero-order valence-corrected chi connectivity index (χ0v) is 14.1. The molecule has 0 aliphatic rings. The molecule has 1 rings (SSSR count). The highest BCUT2D eigenvalue weighted by molar-refractivity contribution is 6.30. The first kappa shape index (κ1) is 19.0. The average Bonchev–Trinajstić information content (AvgIpc) is 2.45. The maximum absolute atomic E-state index is 12.1. The van der Waals surface area contributed by atoms with Crippen LogP contribution in [0.2, 0.25) is 5.02 Å². The summed E-state index contributed by atoms with van der Waals surface area (Å²) in [6.45, 7) is 4.53. The molecule has 3 atom stereocenters. The van der Waals surface area contributed by atoms with Crippen LogP contribution in [0, 0.1) is 5.92 Å². The summed E-state index contributed by atoms with van der Waals surface area (Å²) < 4.78 is 0. The lowest BCUT2D eigenvalue weighted by atomic mass is 10.0. The molecule has 3 unspecified atom stereocenters. The monoisotopic (exact) mass is 340 g/mol. The quantitative estimate of drug-likeness (QED) is 0.708. The summed E-state index contributed by atoms with van der Waals surface area (Å²) >= 11 is 5.84. The average molecular weight is 341 g/mol. The number of rotatable bonds is 7. The topological polar surface area (TPSA) is 95.5 Å². The smallest absolute Gasteiger partial charge is 0.308 e. The van der Waals surface area contributed by atoms with Gasteiger partial charge in [0.2, 0.25) is 11.8 Å². The second kappa shape index (κ2) is 8.53. The molecule has 126 valence electrons. The standard InChI is InChI=1S/C16H21ClN2O4/c1-9(16(22)23)10(2)18-15(21)8-14(19-11(3)20)12-4-6-13(17)7-5-12/h4-7,9-10,14H,8H2,1-3H3,(H,18,21)(H,19,20)(H,22,23). The van der Waals surface area contributed by atoms with Gasteiger partial charge in [-0.2, -0.15) is 0 Å². The zero-order valence-electron chi connectivity index (χ0n) is 13.3. The van der Waals surface area contributed by atoms with Gasteiger partial charge in [0.1, 0.15) is 0 Å². The summed E-state index contributed by atoms with van der Waals surface area (Å²) in [6.07, 6.45) is 0.0118. The molecule has 1 aromatic carbocycles. The SMILES string of the molecule is CC(=O)NC(CC(=O)NC(C)C(C)C(=O)O)c1ccc(Cl)cc1. The van der Waals surface area contributed by atoms with E-state index in [-0.39, 0.29) is 18.2 Å². The number of benzene rings is 1. The Morgan fingerprint density at radius 3 is 2.17 bits per heavy atom. The van der Waals surface area contributed by atoms with Gasteiger partial charge >= 0.3 is 5.97 Å². The summed E-state index contributed by atoms with van der Waals surface area (Å²) in [5.74, 6) is -2.27. The van der Waals surface area contributed by atoms with Gasteiger partial charge in [0.05, 0.1) is 18.4 Å². The highest BCUT2D eigenvalue weighted by atomic mass is 35.5. The van der Waals surface area contributed by atoms with Crippen LogP contribution >= 0.6 is 11.6 Å². The second-order valence-electron chi connectivity index (χ2n) is 5.49. The van der Waals surface area contributed by atoms with Crippen molar-refractivity contribution < 1.29 is 19.5 Å². The third kappa shape index (κ3) is 6.28. The van der Waals surface area contributed by atoms with Crippen LogP contribution in [0.5, 0.6) is 0 Å². The molecule has 3 N–H and O–H groups in total. The highest BCUT2D eigenvalue weighted by Crippen LogP contribution is 2.19. The van der Waals surface area contributed by atoms with E-state index >= 15 is 0 Å². The molecule has 0 radical (unpaired) electrons. The van der Waals surface area contributed by atoms with Gasteiger partial charge in [0.15, 0.2) is 0 Å².